The van der Waals surface area contributed by atoms with Crippen LogP contribution in [-0.4, -0.2) is 7.05 Å². The van der Waals surface area contributed by atoms with Crippen molar-refractivity contribution in [1.29, 1.82) is 0 Å². The molecule has 2 rings (SSSR count). The summed E-state index contributed by atoms with van der Waals surface area (Å²) in [7, 11) is 1.95. The van der Waals surface area contributed by atoms with Crippen molar-refractivity contribution >= 4 is 11.4 Å². The van der Waals surface area contributed by atoms with Crippen molar-refractivity contribution in [2.24, 2.45) is 0 Å². The van der Waals surface area contributed by atoms with Crippen LogP contribution in [0.1, 0.15) is 11.1 Å². The molecule has 3 N–H and O–H groups in total. The lowest BCUT2D eigenvalue weighted by Crippen LogP contribution is -1.96. The monoisotopic (exact) mass is 226 g/mol. The smallest absolute Gasteiger partial charge is 0.0370 e. The Bertz CT molecular complexity index is 527. The molecule has 0 saturated carbocycles. The van der Waals surface area contributed by atoms with Crippen LogP contribution in [0.25, 0.3) is 11.1 Å². The number of nitrogens with one attached hydrogen (secondary N) is 1. The third kappa shape index (κ3) is 2.11. The Morgan fingerprint density at radius 3 is 2.12 bits per heavy atom. The Labute approximate surface area is 102 Å². The maximum Gasteiger partial charge on any atom is 0.0370 e. The lowest BCUT2D eigenvalue weighted by Gasteiger charge is -2.13. The fourth-order valence-corrected chi connectivity index (χ4v) is 2.07. The molecule has 2 aromatic rings. The zero-order valence-corrected chi connectivity index (χ0v) is 10.5. The highest BCUT2D eigenvalue weighted by atomic mass is 14.8. The number of hydrogen-bond acceptors (Lipinski definition) is 2. The first-order chi connectivity index (χ1) is 8.13. The summed E-state index contributed by atoms with van der Waals surface area (Å²) >= 11 is 0. The fraction of sp³-hybridized carbons (Fsp3) is 0.200. The van der Waals surface area contributed by atoms with Gasteiger partial charge in [0.15, 0.2) is 0 Å². The van der Waals surface area contributed by atoms with Gasteiger partial charge >= 0.3 is 0 Å². The van der Waals surface area contributed by atoms with Gasteiger partial charge < -0.3 is 11.1 Å². The van der Waals surface area contributed by atoms with E-state index < -0.39 is 0 Å². The molecule has 0 aliphatic rings. The maximum atomic E-state index is 5.71. The van der Waals surface area contributed by atoms with Crippen molar-refractivity contribution in [2.45, 2.75) is 13.8 Å². The molecule has 0 radical (unpaired) electrons. The third-order valence-electron chi connectivity index (χ3n) is 3.28. The summed E-state index contributed by atoms with van der Waals surface area (Å²) in [4.78, 5) is 0. The van der Waals surface area contributed by atoms with Crippen LogP contribution in [0.2, 0.25) is 0 Å². The van der Waals surface area contributed by atoms with Crippen LogP contribution in [-0.2, 0) is 0 Å². The topological polar surface area (TPSA) is 38.0 Å². The minimum absolute atomic E-state index is 0.801. The second-order valence-electron chi connectivity index (χ2n) is 4.28. The van der Waals surface area contributed by atoms with Gasteiger partial charge in [0.05, 0.1) is 0 Å². The maximum absolute atomic E-state index is 5.71. The fourth-order valence-electron chi connectivity index (χ4n) is 2.07. The zero-order valence-electron chi connectivity index (χ0n) is 10.5. The second kappa shape index (κ2) is 4.50. The normalized spacial score (nSPS) is 10.3. The Morgan fingerprint density at radius 2 is 1.53 bits per heavy atom. The summed E-state index contributed by atoms with van der Waals surface area (Å²) in [5.74, 6) is 0. The van der Waals surface area contributed by atoms with Gasteiger partial charge in [-0.05, 0) is 54.3 Å². The SMILES string of the molecule is CNc1ccc(-c2ccc(N)cc2)c(C)c1C. The van der Waals surface area contributed by atoms with Gasteiger partial charge in [-0.3, -0.25) is 0 Å². The van der Waals surface area contributed by atoms with E-state index in [-0.39, 0.29) is 0 Å². The standard InChI is InChI=1S/C15H18N2/c1-10-11(2)15(17-3)9-8-14(10)12-4-6-13(16)7-5-12/h4-9,17H,16H2,1-3H3. The number of anilines is 2. The molecule has 2 aromatic carbocycles. The van der Waals surface area contributed by atoms with Gasteiger partial charge in [0.2, 0.25) is 0 Å². The largest absolute Gasteiger partial charge is 0.399 e. The Kier molecular flexibility index (Phi) is 3.05. The molecule has 0 saturated heterocycles. The number of benzene rings is 2. The molecule has 0 aliphatic heterocycles. The van der Waals surface area contributed by atoms with E-state index in [0.29, 0.717) is 0 Å². The van der Waals surface area contributed by atoms with Crippen molar-refractivity contribution in [3.8, 4) is 11.1 Å². The number of nitrogens with two attached hydrogens (primary N) is 1. The van der Waals surface area contributed by atoms with E-state index in [1.54, 1.807) is 0 Å². The summed E-state index contributed by atoms with van der Waals surface area (Å²) in [5, 5.41) is 3.20. The molecular weight excluding hydrogens is 208 g/mol. The Balaban J connectivity index is 2.53. The molecule has 88 valence electrons. The van der Waals surface area contributed by atoms with E-state index in [9.17, 15) is 0 Å². The van der Waals surface area contributed by atoms with Crippen LogP contribution in [0.5, 0.6) is 0 Å². The van der Waals surface area contributed by atoms with Gasteiger partial charge in [0, 0.05) is 18.4 Å². The number of nitrogen functional groups attached to an aromatic ring is 1. The lowest BCUT2D eigenvalue weighted by molar-refractivity contribution is 1.32. The van der Waals surface area contributed by atoms with E-state index in [1.165, 1.54) is 27.9 Å². The van der Waals surface area contributed by atoms with Gasteiger partial charge in [0.25, 0.3) is 0 Å². The summed E-state index contributed by atoms with van der Waals surface area (Å²) in [6.07, 6.45) is 0. The van der Waals surface area contributed by atoms with Crippen molar-refractivity contribution in [1.82, 2.24) is 0 Å². The van der Waals surface area contributed by atoms with Gasteiger partial charge in [0.1, 0.15) is 0 Å². The molecule has 0 heterocycles. The van der Waals surface area contributed by atoms with E-state index in [2.05, 4.69) is 43.4 Å². The van der Waals surface area contributed by atoms with E-state index in [4.69, 9.17) is 5.73 Å². The molecule has 0 aromatic heterocycles. The predicted octanol–water partition coefficient (Wildman–Crippen LogP) is 3.59. The van der Waals surface area contributed by atoms with Gasteiger partial charge in [-0.25, -0.2) is 0 Å². The van der Waals surface area contributed by atoms with Crippen LogP contribution < -0.4 is 11.1 Å². The third-order valence-corrected chi connectivity index (χ3v) is 3.28. The summed E-state index contributed by atoms with van der Waals surface area (Å²) in [6.45, 7) is 4.30. The first kappa shape index (κ1) is 11.5. The number of rotatable bonds is 2. The minimum Gasteiger partial charge on any atom is -0.399 e. The van der Waals surface area contributed by atoms with Crippen LogP contribution in [0.15, 0.2) is 36.4 Å². The van der Waals surface area contributed by atoms with Crippen molar-refractivity contribution in [3.63, 3.8) is 0 Å². The van der Waals surface area contributed by atoms with Crippen LogP contribution in [0.3, 0.4) is 0 Å². The minimum atomic E-state index is 0.801. The molecule has 0 aliphatic carbocycles. The van der Waals surface area contributed by atoms with Crippen molar-refractivity contribution in [2.75, 3.05) is 18.1 Å². The lowest BCUT2D eigenvalue weighted by atomic mass is 9.96. The Morgan fingerprint density at radius 1 is 0.882 bits per heavy atom. The van der Waals surface area contributed by atoms with Crippen LogP contribution >= 0.6 is 0 Å². The molecule has 0 amide bonds. The zero-order chi connectivity index (χ0) is 12.4. The molecule has 0 spiro atoms. The van der Waals surface area contributed by atoms with Crippen LogP contribution in [0, 0.1) is 13.8 Å². The molecule has 17 heavy (non-hydrogen) atoms. The first-order valence-electron chi connectivity index (χ1n) is 5.77. The summed E-state index contributed by atoms with van der Waals surface area (Å²) in [5.41, 5.74) is 12.8. The van der Waals surface area contributed by atoms with Gasteiger partial charge in [-0.2, -0.15) is 0 Å². The van der Waals surface area contributed by atoms with Crippen LogP contribution in [0.4, 0.5) is 11.4 Å². The molecule has 2 heteroatoms. The number of hydrogen-bond donors (Lipinski definition) is 2. The molecule has 2 nitrogen and oxygen atoms in total. The highest BCUT2D eigenvalue weighted by molar-refractivity contribution is 5.73. The van der Waals surface area contributed by atoms with Crippen molar-refractivity contribution < 1.29 is 0 Å². The second-order valence-corrected chi connectivity index (χ2v) is 4.28. The summed E-state index contributed by atoms with van der Waals surface area (Å²) < 4.78 is 0. The van der Waals surface area contributed by atoms with Crippen molar-refractivity contribution in [3.05, 3.63) is 47.5 Å². The average molecular weight is 226 g/mol. The highest BCUT2D eigenvalue weighted by Crippen LogP contribution is 2.30. The average Bonchev–Trinajstić information content (AvgIpc) is 2.34. The van der Waals surface area contributed by atoms with Gasteiger partial charge in [-0.1, -0.05) is 18.2 Å². The molecule has 0 fully saturated rings. The van der Waals surface area contributed by atoms with Gasteiger partial charge in [-0.15, -0.1) is 0 Å². The quantitative estimate of drug-likeness (QED) is 0.768. The first-order valence-corrected chi connectivity index (χ1v) is 5.77. The predicted molar refractivity (Wildman–Crippen MR) is 75.3 cm³/mol. The molecular formula is C15H18N2. The molecule has 0 unspecified atom stereocenters. The Hall–Kier alpha value is -1.96. The van der Waals surface area contributed by atoms with E-state index in [0.717, 1.165) is 5.69 Å². The highest BCUT2D eigenvalue weighted by Gasteiger charge is 2.06. The summed E-state index contributed by atoms with van der Waals surface area (Å²) in [6, 6.07) is 12.3. The van der Waals surface area contributed by atoms with E-state index in [1.807, 2.05) is 19.2 Å². The molecule has 0 atom stereocenters. The molecule has 0 bridgehead atoms. The van der Waals surface area contributed by atoms with E-state index >= 15 is 0 Å².